The number of halogens is 1. The Morgan fingerprint density at radius 2 is 2.05 bits per heavy atom. The van der Waals surface area contributed by atoms with E-state index in [0.717, 1.165) is 24.9 Å². The highest BCUT2D eigenvalue weighted by molar-refractivity contribution is 6.31. The molecule has 0 radical (unpaired) electrons. The SMILES string of the molecule is CC1CCCN1C(=O)c1ccc(C(C)(C)C)c(Cl)c1. The molecule has 0 bridgehead atoms. The van der Waals surface area contributed by atoms with Crippen molar-refractivity contribution in [2.24, 2.45) is 0 Å². The number of nitrogens with zero attached hydrogens (tertiary/aromatic N) is 1. The first-order valence-corrected chi connectivity index (χ1v) is 7.29. The summed E-state index contributed by atoms with van der Waals surface area (Å²) in [6.45, 7) is 9.34. The van der Waals surface area contributed by atoms with Crippen molar-refractivity contribution in [1.82, 2.24) is 4.90 Å². The summed E-state index contributed by atoms with van der Waals surface area (Å²) in [5, 5.41) is 0.685. The Balaban J connectivity index is 2.27. The normalized spacial score (nSPS) is 19.8. The number of likely N-dealkylation sites (tertiary alicyclic amines) is 1. The van der Waals surface area contributed by atoms with Crippen LogP contribution in [0.2, 0.25) is 5.02 Å². The lowest BCUT2D eigenvalue weighted by atomic mass is 9.86. The molecule has 1 saturated heterocycles. The van der Waals surface area contributed by atoms with Gasteiger partial charge in [0.1, 0.15) is 0 Å². The predicted octanol–water partition coefficient (Wildman–Crippen LogP) is 4.26. The Bertz CT molecular complexity index is 490. The van der Waals surface area contributed by atoms with E-state index in [1.807, 2.05) is 23.1 Å². The lowest BCUT2D eigenvalue weighted by Crippen LogP contribution is -2.33. The van der Waals surface area contributed by atoms with Gasteiger partial charge in [0.2, 0.25) is 0 Å². The van der Waals surface area contributed by atoms with Gasteiger partial charge in [0, 0.05) is 23.2 Å². The molecule has 0 aromatic heterocycles. The molecular weight excluding hydrogens is 258 g/mol. The van der Waals surface area contributed by atoms with E-state index in [4.69, 9.17) is 11.6 Å². The van der Waals surface area contributed by atoms with E-state index >= 15 is 0 Å². The maximum atomic E-state index is 12.4. The Morgan fingerprint density at radius 3 is 2.53 bits per heavy atom. The van der Waals surface area contributed by atoms with Gasteiger partial charge in [0.15, 0.2) is 0 Å². The molecule has 1 atom stereocenters. The van der Waals surface area contributed by atoms with Crippen molar-refractivity contribution >= 4 is 17.5 Å². The lowest BCUT2D eigenvalue weighted by Gasteiger charge is -2.24. The van der Waals surface area contributed by atoms with Crippen LogP contribution in [0.4, 0.5) is 0 Å². The summed E-state index contributed by atoms with van der Waals surface area (Å²) >= 11 is 6.33. The molecule has 1 unspecified atom stereocenters. The Hall–Kier alpha value is -1.02. The van der Waals surface area contributed by atoms with Crippen LogP contribution in [0.15, 0.2) is 18.2 Å². The Morgan fingerprint density at radius 1 is 1.37 bits per heavy atom. The smallest absolute Gasteiger partial charge is 0.254 e. The van der Waals surface area contributed by atoms with Gasteiger partial charge in [-0.2, -0.15) is 0 Å². The highest BCUT2D eigenvalue weighted by Gasteiger charge is 2.27. The summed E-state index contributed by atoms with van der Waals surface area (Å²) in [6.07, 6.45) is 2.19. The van der Waals surface area contributed by atoms with Crippen LogP contribution in [0.5, 0.6) is 0 Å². The van der Waals surface area contributed by atoms with Crippen LogP contribution in [0.1, 0.15) is 56.5 Å². The monoisotopic (exact) mass is 279 g/mol. The second kappa shape index (κ2) is 5.16. The van der Waals surface area contributed by atoms with Gasteiger partial charge in [-0.3, -0.25) is 4.79 Å². The van der Waals surface area contributed by atoms with E-state index < -0.39 is 0 Å². The lowest BCUT2D eigenvalue weighted by molar-refractivity contribution is 0.0747. The third-order valence-electron chi connectivity index (χ3n) is 3.84. The Kier molecular flexibility index (Phi) is 3.91. The number of amides is 1. The summed E-state index contributed by atoms with van der Waals surface area (Å²) in [6, 6.07) is 6.04. The molecule has 1 aromatic carbocycles. The molecule has 0 aliphatic carbocycles. The van der Waals surface area contributed by atoms with Crippen LogP contribution in [0.25, 0.3) is 0 Å². The molecule has 2 nitrogen and oxygen atoms in total. The molecule has 0 spiro atoms. The van der Waals surface area contributed by atoms with E-state index in [9.17, 15) is 4.79 Å². The molecule has 0 saturated carbocycles. The fourth-order valence-corrected chi connectivity index (χ4v) is 3.12. The maximum absolute atomic E-state index is 12.4. The van der Waals surface area contributed by atoms with Gasteiger partial charge in [0.05, 0.1) is 0 Å². The summed E-state index contributed by atoms with van der Waals surface area (Å²) in [7, 11) is 0. The molecule has 1 amide bonds. The van der Waals surface area contributed by atoms with Crippen LogP contribution in [0.3, 0.4) is 0 Å². The topological polar surface area (TPSA) is 20.3 Å². The maximum Gasteiger partial charge on any atom is 0.254 e. The summed E-state index contributed by atoms with van der Waals surface area (Å²) < 4.78 is 0. The molecular formula is C16H22ClNO. The number of rotatable bonds is 1. The van der Waals surface area contributed by atoms with Crippen LogP contribution in [-0.4, -0.2) is 23.4 Å². The first-order chi connectivity index (χ1) is 8.80. The van der Waals surface area contributed by atoms with Crippen LogP contribution in [-0.2, 0) is 5.41 Å². The van der Waals surface area contributed by atoms with E-state index in [1.165, 1.54) is 0 Å². The average Bonchev–Trinajstić information content (AvgIpc) is 2.72. The van der Waals surface area contributed by atoms with Gasteiger partial charge in [-0.1, -0.05) is 38.4 Å². The third kappa shape index (κ3) is 2.94. The molecule has 1 aliphatic rings. The van der Waals surface area contributed by atoms with Gasteiger partial charge >= 0.3 is 0 Å². The minimum absolute atomic E-state index is 0.000400. The van der Waals surface area contributed by atoms with Gasteiger partial charge in [-0.25, -0.2) is 0 Å². The summed E-state index contributed by atoms with van der Waals surface area (Å²) in [5.41, 5.74) is 1.78. The zero-order valence-electron chi connectivity index (χ0n) is 12.2. The zero-order chi connectivity index (χ0) is 14.2. The van der Waals surface area contributed by atoms with Gasteiger partial charge < -0.3 is 4.90 Å². The fraction of sp³-hybridized carbons (Fsp3) is 0.562. The molecule has 2 rings (SSSR count). The predicted molar refractivity (Wildman–Crippen MR) is 79.9 cm³/mol. The van der Waals surface area contributed by atoms with Gasteiger partial charge in [-0.05, 0) is 42.9 Å². The Labute approximate surface area is 120 Å². The van der Waals surface area contributed by atoms with Gasteiger partial charge in [-0.15, -0.1) is 0 Å². The number of carbonyl (C=O) groups excluding carboxylic acids is 1. The van der Waals surface area contributed by atoms with Crippen molar-refractivity contribution in [2.45, 2.75) is 52.0 Å². The number of hydrogen-bond donors (Lipinski definition) is 0. The molecule has 1 fully saturated rings. The third-order valence-corrected chi connectivity index (χ3v) is 4.15. The molecule has 1 aromatic rings. The molecule has 19 heavy (non-hydrogen) atoms. The number of carbonyl (C=O) groups is 1. The van der Waals surface area contributed by atoms with Crippen molar-refractivity contribution in [2.75, 3.05) is 6.54 Å². The second-order valence-electron chi connectivity index (χ2n) is 6.43. The van der Waals surface area contributed by atoms with Gasteiger partial charge in [0.25, 0.3) is 5.91 Å². The van der Waals surface area contributed by atoms with Crippen LogP contribution < -0.4 is 0 Å². The zero-order valence-corrected chi connectivity index (χ0v) is 12.9. The van der Waals surface area contributed by atoms with E-state index in [2.05, 4.69) is 27.7 Å². The highest BCUT2D eigenvalue weighted by Crippen LogP contribution is 2.31. The minimum Gasteiger partial charge on any atom is -0.336 e. The quantitative estimate of drug-likeness (QED) is 0.752. The van der Waals surface area contributed by atoms with E-state index in [0.29, 0.717) is 16.6 Å². The first-order valence-electron chi connectivity index (χ1n) is 6.91. The van der Waals surface area contributed by atoms with Crippen molar-refractivity contribution in [3.05, 3.63) is 34.3 Å². The number of benzene rings is 1. The minimum atomic E-state index is -0.000400. The summed E-state index contributed by atoms with van der Waals surface area (Å²) in [5.74, 6) is 0.104. The largest absolute Gasteiger partial charge is 0.336 e. The van der Waals surface area contributed by atoms with Crippen molar-refractivity contribution in [1.29, 1.82) is 0 Å². The average molecular weight is 280 g/mol. The van der Waals surface area contributed by atoms with Crippen molar-refractivity contribution in [3.63, 3.8) is 0 Å². The first kappa shape index (κ1) is 14.4. The standard InChI is InChI=1S/C16H22ClNO/c1-11-6-5-9-18(11)15(19)12-7-8-13(14(17)10-12)16(2,3)4/h7-8,10-11H,5-6,9H2,1-4H3. The second-order valence-corrected chi connectivity index (χ2v) is 6.84. The van der Waals surface area contributed by atoms with E-state index in [-0.39, 0.29) is 11.3 Å². The van der Waals surface area contributed by atoms with E-state index in [1.54, 1.807) is 0 Å². The molecule has 3 heteroatoms. The summed E-state index contributed by atoms with van der Waals surface area (Å²) in [4.78, 5) is 14.4. The molecule has 0 N–H and O–H groups in total. The molecule has 1 heterocycles. The van der Waals surface area contributed by atoms with Crippen molar-refractivity contribution < 1.29 is 4.79 Å². The number of hydrogen-bond acceptors (Lipinski definition) is 1. The molecule has 104 valence electrons. The fourth-order valence-electron chi connectivity index (χ4n) is 2.66. The van der Waals surface area contributed by atoms with Crippen molar-refractivity contribution in [3.8, 4) is 0 Å². The highest BCUT2D eigenvalue weighted by atomic mass is 35.5. The molecule has 1 aliphatic heterocycles. The van der Waals surface area contributed by atoms with Crippen LogP contribution >= 0.6 is 11.6 Å². The van der Waals surface area contributed by atoms with Crippen LogP contribution in [0, 0.1) is 0 Å².